The lowest BCUT2D eigenvalue weighted by Crippen LogP contribution is -2.50. The van der Waals surface area contributed by atoms with E-state index in [-0.39, 0.29) is 31.5 Å². The normalized spacial score (nSPS) is 32.1. The molecule has 4 unspecified atom stereocenters. The lowest BCUT2D eigenvalue weighted by Gasteiger charge is -2.39. The van der Waals surface area contributed by atoms with Crippen LogP contribution >= 0.6 is 23.8 Å². The number of aliphatic hydroxyl groups excluding tert-OH is 1. The van der Waals surface area contributed by atoms with Crippen molar-refractivity contribution in [3.8, 4) is 0 Å². The summed E-state index contributed by atoms with van der Waals surface area (Å²) in [5.74, 6) is -1.37. The number of ether oxygens (including phenoxy) is 2. The minimum absolute atomic E-state index is 0.0523. The number of nitrogens with one attached hydrogen (secondary N) is 2. The molecule has 1 aromatic heterocycles. The first kappa shape index (κ1) is 31.5. The van der Waals surface area contributed by atoms with E-state index in [4.69, 9.17) is 28.3 Å². The minimum atomic E-state index is -4.40. The van der Waals surface area contributed by atoms with Crippen LogP contribution in [0.2, 0.25) is 0 Å². The Bertz CT molecular complexity index is 1170. The fourth-order valence-corrected chi connectivity index (χ4v) is 6.00. The van der Waals surface area contributed by atoms with E-state index in [1.807, 2.05) is 0 Å². The molecule has 18 heteroatoms. The zero-order valence-corrected chi connectivity index (χ0v) is 24.0. The van der Waals surface area contributed by atoms with E-state index in [0.29, 0.717) is 0 Å². The topological polar surface area (TPSA) is 197 Å². The summed E-state index contributed by atoms with van der Waals surface area (Å²) >= 11 is 2.72. The summed E-state index contributed by atoms with van der Waals surface area (Å²) in [7, 11) is -4.40. The average molecular weight is 645 g/mol. The van der Waals surface area contributed by atoms with Crippen LogP contribution in [0.4, 0.5) is 10.2 Å². The number of alkyl halides is 2. The molecule has 0 radical (unpaired) electrons. The van der Waals surface area contributed by atoms with Crippen molar-refractivity contribution in [2.45, 2.75) is 69.3 Å². The number of carbonyl (C=O) groups excluding carboxylic acids is 2. The second kappa shape index (κ2) is 12.3. The van der Waals surface area contributed by atoms with Crippen molar-refractivity contribution >= 4 is 41.4 Å². The van der Waals surface area contributed by atoms with Gasteiger partial charge >= 0.3 is 19.5 Å². The lowest BCUT2D eigenvalue weighted by molar-refractivity contribution is -0.147. The monoisotopic (exact) mass is 644 g/mol. The average Bonchev–Trinajstić information content (AvgIpc) is 3.07. The number of aliphatic hydroxyl groups is 1. The number of aromatic nitrogens is 2. The van der Waals surface area contributed by atoms with Crippen LogP contribution in [0.25, 0.3) is 0 Å². The third-order valence-corrected chi connectivity index (χ3v) is 7.99. The van der Waals surface area contributed by atoms with E-state index >= 15 is 4.39 Å². The van der Waals surface area contributed by atoms with E-state index in [1.165, 1.54) is 0 Å². The van der Waals surface area contributed by atoms with Crippen LogP contribution in [0.3, 0.4) is 0 Å². The smallest absolute Gasteiger partial charge is 0.463 e. The van der Waals surface area contributed by atoms with Gasteiger partial charge in [0.15, 0.2) is 18.1 Å². The maximum absolute atomic E-state index is 15.4. The number of anilines is 1. The number of nitrogens with zero attached hydrogens (tertiary/aromatic N) is 2. The molecule has 2 fully saturated rings. The van der Waals surface area contributed by atoms with Gasteiger partial charge in [0.1, 0.15) is 12.2 Å². The van der Waals surface area contributed by atoms with Gasteiger partial charge in [-0.05, 0) is 35.8 Å². The maximum Gasteiger partial charge on any atom is 0.475 e. The summed E-state index contributed by atoms with van der Waals surface area (Å²) in [5, 5.41) is 21.9. The van der Waals surface area contributed by atoms with Crippen LogP contribution in [0.5, 0.6) is 0 Å². The molecule has 0 aromatic carbocycles. The van der Waals surface area contributed by atoms with Crippen LogP contribution < -0.4 is 16.5 Å². The Hall–Kier alpha value is -1.98. The fraction of sp³-hybridized carbons (Fsp3) is 0.714. The predicted octanol–water partition coefficient (Wildman–Crippen LogP) is 1.39. The summed E-state index contributed by atoms with van der Waals surface area (Å²) in [6, 6.07) is 1.16. The molecule has 1 amide bonds. The second-order valence-electron chi connectivity index (χ2n) is 9.83. The van der Waals surface area contributed by atoms with Crippen molar-refractivity contribution in [1.29, 1.82) is 0 Å². The first-order valence-electron chi connectivity index (χ1n) is 11.8. The van der Waals surface area contributed by atoms with E-state index < -0.39 is 66.5 Å². The Labute approximate surface area is 231 Å². The van der Waals surface area contributed by atoms with E-state index in [2.05, 4.69) is 26.2 Å². The SMILES string of the molecule is CC(C)OC(=O)CCNC(=O)C1OP(=O)(OC[C@H]2O[C@@H](n3ccc(NO)nc3=O)C(F)(Br)C2O)OCC1(C)C. The molecule has 39 heavy (non-hydrogen) atoms. The number of halogens is 2. The van der Waals surface area contributed by atoms with Crippen LogP contribution in [0, 0.1) is 5.41 Å². The number of amides is 1. The molecular weight excluding hydrogens is 614 g/mol. The molecule has 0 aliphatic carbocycles. The number of hydrogen-bond donors (Lipinski definition) is 4. The van der Waals surface area contributed by atoms with Gasteiger partial charge in [-0.2, -0.15) is 4.98 Å². The largest absolute Gasteiger partial charge is 0.475 e. The molecule has 220 valence electrons. The number of phosphoric ester groups is 1. The van der Waals surface area contributed by atoms with E-state index in [0.717, 1.165) is 16.8 Å². The van der Waals surface area contributed by atoms with Gasteiger partial charge < -0.3 is 19.9 Å². The minimum Gasteiger partial charge on any atom is -0.463 e. The highest BCUT2D eigenvalue weighted by Crippen LogP contribution is 2.58. The molecule has 2 saturated heterocycles. The highest BCUT2D eigenvalue weighted by Gasteiger charge is 2.58. The highest BCUT2D eigenvalue weighted by atomic mass is 79.9. The molecule has 1 aromatic rings. The van der Waals surface area contributed by atoms with Gasteiger partial charge in [0, 0.05) is 18.2 Å². The molecule has 3 heterocycles. The first-order chi connectivity index (χ1) is 18.1. The van der Waals surface area contributed by atoms with Gasteiger partial charge in [-0.3, -0.25) is 38.4 Å². The standard InChI is InChI=1S/C21H31BrFN4O11P/c1-11(2)36-14(28)5-7-24-17(30)16-20(3,4)10-35-39(33,38-16)34-9-12-15(29)21(22,23)18(37-12)27-8-6-13(26-32)25-19(27)31/h6,8,11-12,15-16,18,29,32H,5,7,9-10H2,1-4H3,(H,24,30)(H,25,26,31)/t12-,15?,16?,18-,21?,39?/m1/s1. The zero-order valence-electron chi connectivity index (χ0n) is 21.5. The second-order valence-corrected chi connectivity index (χ2v) is 12.7. The number of hydrogen-bond acceptors (Lipinski definition) is 13. The molecule has 15 nitrogen and oxygen atoms in total. The third kappa shape index (κ3) is 7.41. The summed E-state index contributed by atoms with van der Waals surface area (Å²) in [6.07, 6.45) is -5.72. The zero-order chi connectivity index (χ0) is 29.2. The summed E-state index contributed by atoms with van der Waals surface area (Å²) < 4.78 is 53.0. The van der Waals surface area contributed by atoms with Crippen molar-refractivity contribution in [2.24, 2.45) is 5.41 Å². The van der Waals surface area contributed by atoms with Gasteiger partial charge in [-0.1, -0.05) is 13.8 Å². The van der Waals surface area contributed by atoms with Gasteiger partial charge in [0.25, 0.3) is 0 Å². The Balaban J connectivity index is 1.64. The van der Waals surface area contributed by atoms with Crippen molar-refractivity contribution in [3.05, 3.63) is 22.7 Å². The first-order valence-corrected chi connectivity index (χ1v) is 14.1. The van der Waals surface area contributed by atoms with Gasteiger partial charge in [-0.15, -0.1) is 0 Å². The van der Waals surface area contributed by atoms with Crippen LogP contribution in [-0.4, -0.2) is 80.5 Å². The number of carbonyl (C=O) groups is 2. The van der Waals surface area contributed by atoms with E-state index in [9.17, 15) is 24.1 Å². The number of phosphoric acid groups is 1. The molecule has 2 aliphatic heterocycles. The molecule has 6 atom stereocenters. The summed E-state index contributed by atoms with van der Waals surface area (Å²) in [4.78, 5) is 40.2. The van der Waals surface area contributed by atoms with Gasteiger partial charge in [-0.25, -0.2) is 13.8 Å². The van der Waals surface area contributed by atoms with Crippen LogP contribution in [-0.2, 0) is 37.2 Å². The number of esters is 1. The molecule has 2 aliphatic rings. The van der Waals surface area contributed by atoms with Gasteiger partial charge in [0.05, 0.1) is 25.7 Å². The van der Waals surface area contributed by atoms with Crippen molar-refractivity contribution in [2.75, 3.05) is 25.2 Å². The van der Waals surface area contributed by atoms with Crippen LogP contribution in [0.15, 0.2) is 17.1 Å². The highest BCUT2D eigenvalue weighted by molar-refractivity contribution is 9.10. The van der Waals surface area contributed by atoms with Crippen molar-refractivity contribution in [1.82, 2.24) is 14.9 Å². The van der Waals surface area contributed by atoms with Crippen molar-refractivity contribution in [3.63, 3.8) is 0 Å². The quantitative estimate of drug-likeness (QED) is 0.123. The lowest BCUT2D eigenvalue weighted by atomic mass is 9.87. The van der Waals surface area contributed by atoms with Gasteiger partial charge in [0.2, 0.25) is 10.5 Å². The Kier molecular flexibility index (Phi) is 9.92. The Morgan fingerprint density at radius 3 is 2.72 bits per heavy atom. The Morgan fingerprint density at radius 1 is 1.41 bits per heavy atom. The summed E-state index contributed by atoms with van der Waals surface area (Å²) in [5.41, 5.74) is -0.271. The number of rotatable bonds is 10. The molecular formula is C21H31BrFN4O11P. The Morgan fingerprint density at radius 2 is 2.10 bits per heavy atom. The molecule has 0 bridgehead atoms. The third-order valence-electron chi connectivity index (χ3n) is 5.75. The predicted molar refractivity (Wildman–Crippen MR) is 134 cm³/mol. The fourth-order valence-electron chi connectivity index (χ4n) is 3.72. The molecule has 0 saturated carbocycles. The van der Waals surface area contributed by atoms with Crippen molar-refractivity contribution < 1.29 is 51.9 Å². The molecule has 4 N–H and O–H groups in total. The molecule has 3 rings (SSSR count). The van der Waals surface area contributed by atoms with E-state index in [1.54, 1.807) is 33.2 Å². The maximum atomic E-state index is 15.4. The molecule has 0 spiro atoms. The van der Waals surface area contributed by atoms with Crippen LogP contribution in [0.1, 0.15) is 40.3 Å². The summed E-state index contributed by atoms with van der Waals surface area (Å²) in [6.45, 7) is 5.67.